The molecule has 3 aromatic carbocycles. The van der Waals surface area contributed by atoms with Gasteiger partial charge in [0.2, 0.25) is 0 Å². The number of nitrogens with one attached hydrogen (secondary N) is 1. The van der Waals surface area contributed by atoms with Crippen molar-refractivity contribution in [2.24, 2.45) is 4.99 Å². The van der Waals surface area contributed by atoms with Crippen molar-refractivity contribution < 1.29 is 4.79 Å². The number of halogens is 2. The molecule has 1 amide bonds. The molecule has 0 spiro atoms. The summed E-state index contributed by atoms with van der Waals surface area (Å²) in [7, 11) is 0. The first-order valence-electron chi connectivity index (χ1n) is 10.3. The lowest BCUT2D eigenvalue weighted by Gasteiger charge is -2.05. The summed E-state index contributed by atoms with van der Waals surface area (Å²) >= 11 is 10.9. The number of hydrogen-bond acceptors (Lipinski definition) is 3. The fraction of sp³-hybridized carbons (Fsp3) is 0.0769. The highest BCUT2D eigenvalue weighted by Crippen LogP contribution is 2.32. The monoisotopic (exact) mass is 535 g/mol. The number of carbonyl (C=O) groups excluding carboxylic acids is 1. The first-order valence-corrected chi connectivity index (χ1v) is 12.3. The second-order valence-electron chi connectivity index (χ2n) is 7.77. The van der Waals surface area contributed by atoms with Crippen LogP contribution in [0.3, 0.4) is 0 Å². The smallest absolute Gasteiger partial charge is 0.264 e. The molecule has 33 heavy (non-hydrogen) atoms. The van der Waals surface area contributed by atoms with Crippen LogP contribution in [0.2, 0.25) is 5.02 Å². The third kappa shape index (κ3) is 4.78. The van der Waals surface area contributed by atoms with E-state index >= 15 is 0 Å². The van der Waals surface area contributed by atoms with E-state index in [-0.39, 0.29) is 5.91 Å². The van der Waals surface area contributed by atoms with Gasteiger partial charge in [0.15, 0.2) is 5.17 Å². The molecule has 1 aliphatic heterocycles. The topological polar surface area (TPSA) is 46.4 Å². The zero-order valence-corrected chi connectivity index (χ0v) is 20.8. The van der Waals surface area contributed by atoms with Gasteiger partial charge < -0.3 is 9.88 Å². The molecule has 5 rings (SSSR count). The van der Waals surface area contributed by atoms with E-state index in [9.17, 15) is 4.79 Å². The molecule has 1 fully saturated rings. The van der Waals surface area contributed by atoms with Gasteiger partial charge in [0.1, 0.15) is 0 Å². The van der Waals surface area contributed by atoms with Crippen LogP contribution in [0.25, 0.3) is 17.0 Å². The quantitative estimate of drug-likeness (QED) is 0.278. The molecule has 1 aromatic heterocycles. The van der Waals surface area contributed by atoms with Gasteiger partial charge in [-0.3, -0.25) is 4.79 Å². The number of nitrogens with zero attached hydrogens (tertiary/aromatic N) is 2. The summed E-state index contributed by atoms with van der Waals surface area (Å²) in [4.78, 5) is 17.9. The average molecular weight is 537 g/mol. The first kappa shape index (κ1) is 22.0. The number of amidine groups is 1. The number of thioether (sulfide) groups is 1. The Bertz CT molecular complexity index is 1440. The number of aryl methyl sites for hydroxylation is 1. The van der Waals surface area contributed by atoms with Crippen LogP contribution in [0, 0.1) is 6.92 Å². The Morgan fingerprint density at radius 3 is 2.70 bits per heavy atom. The predicted octanol–water partition coefficient (Wildman–Crippen LogP) is 7.31. The second-order valence-corrected chi connectivity index (χ2v) is 10.2. The summed E-state index contributed by atoms with van der Waals surface area (Å²) in [6, 6.07) is 22.1. The standard InChI is InChI=1S/C26H19BrClN3OS/c1-16-12-20(28)10-11-22(16)29-26-30-25(32)24(33-26)13-18-15-31(23-5-3-2-4-21(18)23)14-17-6-8-19(27)9-7-17/h2-13,15H,14H2,1H3,(H,29,30,32)/b24-13-. The molecular weight excluding hydrogens is 518 g/mol. The first-order chi connectivity index (χ1) is 16.0. The lowest BCUT2D eigenvalue weighted by atomic mass is 10.1. The Balaban J connectivity index is 1.47. The van der Waals surface area contributed by atoms with Crippen LogP contribution in [0.4, 0.5) is 5.69 Å². The third-order valence-electron chi connectivity index (χ3n) is 5.40. The molecule has 0 radical (unpaired) electrons. The molecule has 7 heteroatoms. The normalized spacial score (nSPS) is 16.2. The highest BCUT2D eigenvalue weighted by Gasteiger charge is 2.24. The van der Waals surface area contributed by atoms with Gasteiger partial charge in [-0.15, -0.1) is 0 Å². The lowest BCUT2D eigenvalue weighted by Crippen LogP contribution is -2.19. The number of rotatable bonds is 4. The van der Waals surface area contributed by atoms with Crippen LogP contribution in [0.1, 0.15) is 16.7 Å². The van der Waals surface area contributed by atoms with Crippen molar-refractivity contribution in [3.8, 4) is 0 Å². The fourth-order valence-corrected chi connectivity index (χ4v) is 5.10. The molecule has 1 N–H and O–H groups in total. The summed E-state index contributed by atoms with van der Waals surface area (Å²) in [6.07, 6.45) is 4.05. The van der Waals surface area contributed by atoms with E-state index in [2.05, 4.69) is 61.3 Å². The largest absolute Gasteiger partial charge is 0.342 e. The molecule has 0 unspecified atom stereocenters. The van der Waals surface area contributed by atoms with Gasteiger partial charge in [-0.05, 0) is 72.3 Å². The van der Waals surface area contributed by atoms with E-state index < -0.39 is 0 Å². The fourth-order valence-electron chi connectivity index (χ4n) is 3.78. The predicted molar refractivity (Wildman–Crippen MR) is 142 cm³/mol. The van der Waals surface area contributed by atoms with Crippen LogP contribution in [0.15, 0.2) is 87.3 Å². The van der Waals surface area contributed by atoms with Gasteiger partial charge in [0, 0.05) is 38.7 Å². The number of benzene rings is 3. The maximum atomic E-state index is 12.7. The van der Waals surface area contributed by atoms with Gasteiger partial charge in [0.25, 0.3) is 5.91 Å². The molecule has 0 saturated carbocycles. The average Bonchev–Trinajstić information content (AvgIpc) is 3.32. The van der Waals surface area contributed by atoms with Crippen molar-refractivity contribution in [3.05, 3.63) is 104 Å². The molecule has 164 valence electrons. The van der Waals surface area contributed by atoms with Crippen molar-refractivity contribution in [1.82, 2.24) is 9.88 Å². The summed E-state index contributed by atoms with van der Waals surface area (Å²) < 4.78 is 3.28. The molecule has 4 nitrogen and oxygen atoms in total. The molecule has 2 heterocycles. The Morgan fingerprint density at radius 2 is 1.91 bits per heavy atom. The Hall–Kier alpha value is -2.80. The van der Waals surface area contributed by atoms with Gasteiger partial charge in [-0.2, -0.15) is 0 Å². The van der Waals surface area contributed by atoms with E-state index in [4.69, 9.17) is 11.6 Å². The van der Waals surface area contributed by atoms with E-state index in [1.807, 2.05) is 49.4 Å². The van der Waals surface area contributed by atoms with E-state index in [0.29, 0.717) is 15.1 Å². The second kappa shape index (κ2) is 9.21. The number of aromatic nitrogens is 1. The van der Waals surface area contributed by atoms with E-state index in [1.165, 1.54) is 17.3 Å². The molecule has 0 aliphatic carbocycles. The molecule has 0 atom stereocenters. The summed E-state index contributed by atoms with van der Waals surface area (Å²) in [6.45, 7) is 2.70. The van der Waals surface area contributed by atoms with Crippen molar-refractivity contribution in [1.29, 1.82) is 0 Å². The molecular formula is C26H19BrClN3OS. The number of fused-ring (bicyclic) bond motifs is 1. The molecule has 1 saturated heterocycles. The minimum absolute atomic E-state index is 0.143. The minimum Gasteiger partial charge on any atom is -0.342 e. The highest BCUT2D eigenvalue weighted by molar-refractivity contribution is 9.10. The van der Waals surface area contributed by atoms with Gasteiger partial charge in [0.05, 0.1) is 10.6 Å². The van der Waals surface area contributed by atoms with Crippen LogP contribution in [-0.4, -0.2) is 15.6 Å². The number of carbonyl (C=O) groups is 1. The van der Waals surface area contributed by atoms with Crippen LogP contribution in [0.5, 0.6) is 0 Å². The Kier molecular flexibility index (Phi) is 6.15. The molecule has 1 aliphatic rings. The van der Waals surface area contributed by atoms with Crippen molar-refractivity contribution >= 4 is 73.0 Å². The van der Waals surface area contributed by atoms with E-state index in [1.54, 1.807) is 6.07 Å². The van der Waals surface area contributed by atoms with Gasteiger partial charge in [-0.25, -0.2) is 4.99 Å². The summed E-state index contributed by atoms with van der Waals surface area (Å²) in [5, 5.41) is 5.21. The van der Waals surface area contributed by atoms with Gasteiger partial charge >= 0.3 is 0 Å². The van der Waals surface area contributed by atoms with Gasteiger partial charge in [-0.1, -0.05) is 57.9 Å². The molecule has 4 aromatic rings. The van der Waals surface area contributed by atoms with Crippen molar-refractivity contribution in [2.75, 3.05) is 0 Å². The highest BCUT2D eigenvalue weighted by atomic mass is 79.9. The van der Waals surface area contributed by atoms with Crippen LogP contribution < -0.4 is 5.32 Å². The SMILES string of the molecule is Cc1cc(Cl)ccc1N=C1NC(=O)/C(=C/c2cn(Cc3ccc(Br)cc3)c3ccccc23)S1. The van der Waals surface area contributed by atoms with Crippen molar-refractivity contribution in [3.63, 3.8) is 0 Å². The number of amides is 1. The van der Waals surface area contributed by atoms with E-state index in [0.717, 1.165) is 38.7 Å². The maximum Gasteiger partial charge on any atom is 0.264 e. The van der Waals surface area contributed by atoms with Crippen LogP contribution in [-0.2, 0) is 11.3 Å². The Labute approximate surface area is 209 Å². The lowest BCUT2D eigenvalue weighted by molar-refractivity contribution is -0.115. The minimum atomic E-state index is -0.143. The zero-order valence-electron chi connectivity index (χ0n) is 17.7. The van der Waals surface area contributed by atoms with Crippen molar-refractivity contribution in [2.45, 2.75) is 13.5 Å². The third-order valence-corrected chi connectivity index (χ3v) is 7.08. The van der Waals surface area contributed by atoms with Crippen LogP contribution >= 0.6 is 39.3 Å². The number of para-hydroxylation sites is 1. The molecule has 0 bridgehead atoms. The maximum absolute atomic E-state index is 12.7. The summed E-state index contributed by atoms with van der Waals surface area (Å²) in [5.41, 5.74) is 5.08. The Morgan fingerprint density at radius 1 is 1.12 bits per heavy atom. The zero-order chi connectivity index (χ0) is 22.9. The number of hydrogen-bond donors (Lipinski definition) is 1. The number of aliphatic imine (C=N–C) groups is 1. The summed E-state index contributed by atoms with van der Waals surface area (Å²) in [5.74, 6) is -0.143.